The van der Waals surface area contributed by atoms with Crippen LogP contribution < -0.4 is 11.1 Å². The zero-order valence-electron chi connectivity index (χ0n) is 26.0. The Kier molecular flexibility index (Phi) is 7.65. The molecule has 0 aromatic carbocycles. The van der Waals surface area contributed by atoms with Crippen molar-refractivity contribution in [3.05, 3.63) is 11.6 Å². The quantitative estimate of drug-likeness (QED) is 0.367. The second-order valence-electron chi connectivity index (χ2n) is 15.6. The first kappa shape index (κ1) is 30.1. The van der Waals surface area contributed by atoms with Crippen molar-refractivity contribution in [1.29, 1.82) is 0 Å². The maximum absolute atomic E-state index is 13.7. The summed E-state index contributed by atoms with van der Waals surface area (Å²) in [5.41, 5.74) is 6.29. The molecule has 0 aromatic heterocycles. The third-order valence-corrected chi connectivity index (χ3v) is 13.0. The highest BCUT2D eigenvalue weighted by Crippen LogP contribution is 2.68. The van der Waals surface area contributed by atoms with Crippen LogP contribution in [0.2, 0.25) is 0 Å². The minimum absolute atomic E-state index is 0.0550. The van der Waals surface area contributed by atoms with Gasteiger partial charge in [-0.2, -0.15) is 0 Å². The smallest absolute Gasteiger partial charge is 0.312 e. The van der Waals surface area contributed by atoms with Crippen molar-refractivity contribution in [3.8, 4) is 0 Å². The molecule has 0 bridgehead atoms. The van der Waals surface area contributed by atoms with E-state index in [9.17, 15) is 14.4 Å². The third-order valence-electron chi connectivity index (χ3n) is 13.0. The Bertz CT molecular complexity index is 1050. The molecule has 9 atom stereocenters. The first-order valence-corrected chi connectivity index (χ1v) is 15.4. The van der Waals surface area contributed by atoms with Gasteiger partial charge in [-0.05, 0) is 105 Å². The molecule has 4 aliphatic rings. The van der Waals surface area contributed by atoms with Gasteiger partial charge in [-0.3, -0.25) is 9.59 Å². The van der Waals surface area contributed by atoms with E-state index in [1.807, 2.05) is 6.08 Å². The number of amides is 2. The molecule has 3 fully saturated rings. The summed E-state index contributed by atoms with van der Waals surface area (Å²) < 4.78 is 5.82. The van der Waals surface area contributed by atoms with Gasteiger partial charge in [0.15, 0.2) is 5.78 Å². The van der Waals surface area contributed by atoms with E-state index in [2.05, 4.69) is 60.7 Å². The Morgan fingerprint density at radius 3 is 2.28 bits per heavy atom. The number of hydrogen-bond acceptors (Lipinski definition) is 4. The van der Waals surface area contributed by atoms with Crippen LogP contribution >= 0.6 is 0 Å². The summed E-state index contributed by atoms with van der Waals surface area (Å²) in [6, 6.07) is -0.469. The zero-order chi connectivity index (χ0) is 29.2. The van der Waals surface area contributed by atoms with Crippen molar-refractivity contribution >= 4 is 17.8 Å². The van der Waals surface area contributed by atoms with Gasteiger partial charge in [-0.25, -0.2) is 4.79 Å². The molecule has 39 heavy (non-hydrogen) atoms. The first-order valence-electron chi connectivity index (χ1n) is 15.4. The normalized spacial score (nSPS) is 45.4. The van der Waals surface area contributed by atoms with Gasteiger partial charge in [0.25, 0.3) is 0 Å². The standard InChI is InChI=1S/C33H54N2O4/c1-20-10-11-27(39-22(3)36)29(4,5)23(20)12-13-32(8)21(2)26(37)18-24-25-19-31(7,35-28(34)38)16-14-30(25,6)15-17-33(24,32)9/h18,20-21,23,25,27H,10-17,19H2,1-9H3,(H3,34,35,38)/t20-,21+,23?,25+,27+,30-,31+,32-,33-/m1/s1. The summed E-state index contributed by atoms with van der Waals surface area (Å²) in [4.78, 5) is 37.5. The van der Waals surface area contributed by atoms with E-state index < -0.39 is 6.03 Å². The monoisotopic (exact) mass is 542 g/mol. The van der Waals surface area contributed by atoms with Crippen LogP contribution in [0, 0.1) is 45.3 Å². The van der Waals surface area contributed by atoms with E-state index in [1.165, 1.54) is 12.5 Å². The Balaban J connectivity index is 1.65. The lowest BCUT2D eigenvalue weighted by Gasteiger charge is -2.64. The average Bonchev–Trinajstić information content (AvgIpc) is 2.81. The molecule has 1 unspecified atom stereocenters. The number of ether oxygens (including phenoxy) is 1. The molecule has 0 heterocycles. The highest BCUT2D eigenvalue weighted by atomic mass is 16.5. The summed E-state index contributed by atoms with van der Waals surface area (Å²) in [6.07, 6.45) is 10.9. The van der Waals surface area contributed by atoms with Gasteiger partial charge in [-0.15, -0.1) is 0 Å². The van der Waals surface area contributed by atoms with Crippen LogP contribution in [0.5, 0.6) is 0 Å². The number of carbonyl (C=O) groups is 3. The summed E-state index contributed by atoms with van der Waals surface area (Å²) >= 11 is 0. The van der Waals surface area contributed by atoms with Crippen LogP contribution in [-0.2, 0) is 14.3 Å². The van der Waals surface area contributed by atoms with Crippen molar-refractivity contribution in [2.24, 2.45) is 51.1 Å². The van der Waals surface area contributed by atoms with E-state index in [-0.39, 0.29) is 56.9 Å². The van der Waals surface area contributed by atoms with Gasteiger partial charge in [0.2, 0.25) is 0 Å². The molecule has 3 N–H and O–H groups in total. The molecule has 0 radical (unpaired) electrons. The predicted octanol–water partition coefficient (Wildman–Crippen LogP) is 6.96. The lowest BCUT2D eigenvalue weighted by molar-refractivity contribution is -0.162. The van der Waals surface area contributed by atoms with Crippen LogP contribution in [0.4, 0.5) is 4.79 Å². The van der Waals surface area contributed by atoms with Crippen LogP contribution in [0.3, 0.4) is 0 Å². The van der Waals surface area contributed by atoms with E-state index in [1.54, 1.807) is 0 Å². The lowest BCUT2D eigenvalue weighted by Crippen LogP contribution is -2.60. The first-order chi connectivity index (χ1) is 17.9. The summed E-state index contributed by atoms with van der Waals surface area (Å²) in [5, 5.41) is 3.05. The predicted molar refractivity (Wildman–Crippen MR) is 155 cm³/mol. The number of fused-ring (bicyclic) bond motifs is 3. The lowest BCUT2D eigenvalue weighted by atomic mass is 9.40. The summed E-state index contributed by atoms with van der Waals surface area (Å²) in [7, 11) is 0. The number of allylic oxidation sites excluding steroid dienone is 2. The van der Waals surface area contributed by atoms with Gasteiger partial charge >= 0.3 is 12.0 Å². The van der Waals surface area contributed by atoms with Crippen molar-refractivity contribution in [2.45, 2.75) is 132 Å². The highest BCUT2D eigenvalue weighted by Gasteiger charge is 2.62. The second-order valence-corrected chi connectivity index (χ2v) is 15.6. The Hall–Kier alpha value is -1.85. The van der Waals surface area contributed by atoms with Crippen molar-refractivity contribution < 1.29 is 19.1 Å². The molecule has 0 saturated heterocycles. The molecule has 0 aromatic rings. The second kappa shape index (κ2) is 9.91. The minimum atomic E-state index is -0.469. The molecule has 6 nitrogen and oxygen atoms in total. The third kappa shape index (κ3) is 4.96. The number of nitrogens with one attached hydrogen (secondary N) is 1. The molecule has 0 spiro atoms. The fraction of sp³-hybridized carbons (Fsp3) is 0.848. The average molecular weight is 543 g/mol. The highest BCUT2D eigenvalue weighted by molar-refractivity contribution is 5.94. The maximum atomic E-state index is 13.7. The van der Waals surface area contributed by atoms with Gasteiger partial charge in [-0.1, -0.05) is 54.0 Å². The summed E-state index contributed by atoms with van der Waals surface area (Å²) in [6.45, 7) is 19.8. The Labute approximate surface area is 236 Å². The molecular formula is C33H54N2O4. The van der Waals surface area contributed by atoms with E-state index in [4.69, 9.17) is 10.5 Å². The van der Waals surface area contributed by atoms with Gasteiger partial charge < -0.3 is 15.8 Å². The van der Waals surface area contributed by atoms with Crippen LogP contribution in [0.1, 0.15) is 120 Å². The van der Waals surface area contributed by atoms with Crippen molar-refractivity contribution in [2.75, 3.05) is 0 Å². The fourth-order valence-electron chi connectivity index (χ4n) is 9.71. The number of nitrogens with two attached hydrogens (primary N) is 1. The molecule has 2 amide bonds. The number of rotatable bonds is 5. The SMILES string of the molecule is CC(=O)O[C@H]1CC[C@@H](C)C(CC[C@]2(C)[C@@H](C)C(=O)C=C3[C@@H]4C[C@@](C)(NC(N)=O)CC[C@]4(C)CC[C@]32C)C1(C)C. The molecule has 4 aliphatic carbocycles. The molecular weight excluding hydrogens is 488 g/mol. The topological polar surface area (TPSA) is 98.5 Å². The van der Waals surface area contributed by atoms with Crippen molar-refractivity contribution in [1.82, 2.24) is 5.32 Å². The number of ketones is 1. The van der Waals surface area contributed by atoms with Gasteiger partial charge in [0.05, 0.1) is 0 Å². The fourth-order valence-corrected chi connectivity index (χ4v) is 9.71. The van der Waals surface area contributed by atoms with Gasteiger partial charge in [0, 0.05) is 23.8 Å². The number of primary amides is 1. The van der Waals surface area contributed by atoms with Crippen LogP contribution in [0.25, 0.3) is 0 Å². The molecule has 3 saturated carbocycles. The van der Waals surface area contributed by atoms with E-state index in [0.29, 0.717) is 11.8 Å². The maximum Gasteiger partial charge on any atom is 0.312 e. The summed E-state index contributed by atoms with van der Waals surface area (Å²) in [5.74, 6) is 1.20. The van der Waals surface area contributed by atoms with Crippen LogP contribution in [0.15, 0.2) is 11.6 Å². The molecule has 6 heteroatoms. The molecule has 0 aliphatic heterocycles. The van der Waals surface area contributed by atoms with E-state index >= 15 is 0 Å². The Morgan fingerprint density at radius 1 is 1.03 bits per heavy atom. The number of hydrogen-bond donors (Lipinski definition) is 2. The van der Waals surface area contributed by atoms with Crippen LogP contribution in [-0.4, -0.2) is 29.4 Å². The van der Waals surface area contributed by atoms with E-state index in [0.717, 1.165) is 57.8 Å². The largest absolute Gasteiger partial charge is 0.462 e. The molecule has 4 rings (SSSR count). The van der Waals surface area contributed by atoms with Crippen molar-refractivity contribution in [3.63, 3.8) is 0 Å². The number of esters is 1. The molecule has 220 valence electrons. The zero-order valence-corrected chi connectivity index (χ0v) is 26.0. The number of urea groups is 1. The number of carbonyl (C=O) groups excluding carboxylic acids is 3. The van der Waals surface area contributed by atoms with Gasteiger partial charge in [0.1, 0.15) is 6.10 Å². The minimum Gasteiger partial charge on any atom is -0.462 e. The Morgan fingerprint density at radius 2 is 1.67 bits per heavy atom.